The summed E-state index contributed by atoms with van der Waals surface area (Å²) in [5.41, 5.74) is 0.631. The Balaban J connectivity index is 3.19. The molecule has 0 radical (unpaired) electrons. The van der Waals surface area contributed by atoms with Crippen LogP contribution in [-0.4, -0.2) is 13.1 Å². The van der Waals surface area contributed by atoms with Crippen LogP contribution in [0, 0.1) is 0 Å². The Morgan fingerprint density at radius 2 is 1.82 bits per heavy atom. The third kappa shape index (κ3) is 1.97. The summed E-state index contributed by atoms with van der Waals surface area (Å²) in [4.78, 5) is 1.96. The lowest BCUT2D eigenvalue weighted by molar-refractivity contribution is 0.866. The summed E-state index contributed by atoms with van der Waals surface area (Å²) in [5.74, 6) is 0. The first kappa shape index (κ1) is 4.81. The van der Waals surface area contributed by atoms with Gasteiger partial charge in [0.15, 0.2) is 0 Å². The van der Waals surface area contributed by atoms with Crippen LogP contribution < -0.4 is 4.90 Å². The average Bonchev–Trinajstić information content (AvgIpc) is 2.10. The standard InChI is InChI=1S/C10H15N/c1-3-11(4-2)10-8-6-5-7-9-10/h5-9H,3-4H2,1-2H3/i5D,8D,9D. The molecule has 0 aromatic heterocycles. The molecule has 0 aliphatic heterocycles. The van der Waals surface area contributed by atoms with E-state index in [0.717, 1.165) is 13.1 Å². The molecule has 1 aromatic carbocycles. The molecule has 1 aromatic rings. The summed E-state index contributed by atoms with van der Waals surface area (Å²) in [6.45, 7) is 5.56. The number of hydrogen-bond acceptors (Lipinski definition) is 1. The molecule has 0 heterocycles. The predicted molar refractivity (Wildman–Crippen MR) is 50.0 cm³/mol. The monoisotopic (exact) mass is 152 g/mol. The van der Waals surface area contributed by atoms with Crippen molar-refractivity contribution in [1.29, 1.82) is 0 Å². The quantitative estimate of drug-likeness (QED) is 0.643. The van der Waals surface area contributed by atoms with E-state index in [1.807, 2.05) is 18.7 Å². The molecular weight excluding hydrogens is 134 g/mol. The minimum Gasteiger partial charge on any atom is -0.372 e. The maximum absolute atomic E-state index is 7.71. The van der Waals surface area contributed by atoms with Crippen molar-refractivity contribution in [1.82, 2.24) is 0 Å². The summed E-state index contributed by atoms with van der Waals surface area (Å²) in [5, 5.41) is 0. The van der Waals surface area contributed by atoms with Crippen molar-refractivity contribution in [3.05, 3.63) is 30.3 Å². The van der Waals surface area contributed by atoms with Crippen molar-refractivity contribution < 1.29 is 4.11 Å². The van der Waals surface area contributed by atoms with E-state index in [1.54, 1.807) is 0 Å². The van der Waals surface area contributed by atoms with Crippen LogP contribution in [0.3, 0.4) is 0 Å². The first-order valence-electron chi connectivity index (χ1n) is 5.42. The molecule has 0 spiro atoms. The second-order valence-electron chi connectivity index (χ2n) is 2.26. The van der Waals surface area contributed by atoms with Crippen molar-refractivity contribution >= 4 is 5.69 Å². The van der Waals surface area contributed by atoms with Crippen LogP contribution in [0.2, 0.25) is 0 Å². The molecule has 11 heavy (non-hydrogen) atoms. The summed E-state index contributed by atoms with van der Waals surface area (Å²) in [6.07, 6.45) is 0. The lowest BCUT2D eigenvalue weighted by Crippen LogP contribution is -2.21. The molecule has 0 unspecified atom stereocenters. The summed E-state index contributed by atoms with van der Waals surface area (Å²) >= 11 is 0. The molecule has 0 saturated carbocycles. The highest BCUT2D eigenvalue weighted by molar-refractivity contribution is 5.45. The van der Waals surface area contributed by atoms with Gasteiger partial charge in [0.05, 0.1) is 4.11 Å². The molecular formula is C10H15N. The zero-order chi connectivity index (χ0) is 10.7. The number of nitrogens with zero attached hydrogens (tertiary/aromatic N) is 1. The highest BCUT2D eigenvalue weighted by Gasteiger charge is 1.97. The Kier molecular flexibility index (Phi) is 1.76. The number of hydrogen-bond donors (Lipinski definition) is 0. The average molecular weight is 152 g/mol. The van der Waals surface area contributed by atoms with Gasteiger partial charge in [-0.3, -0.25) is 0 Å². The first-order valence-corrected chi connectivity index (χ1v) is 3.92. The van der Waals surface area contributed by atoms with Gasteiger partial charge in [-0.25, -0.2) is 0 Å². The molecule has 0 aliphatic rings. The van der Waals surface area contributed by atoms with Crippen LogP contribution in [0.4, 0.5) is 5.69 Å². The minimum absolute atomic E-state index is 0.232. The van der Waals surface area contributed by atoms with Crippen LogP contribution in [0.25, 0.3) is 0 Å². The number of anilines is 1. The van der Waals surface area contributed by atoms with Gasteiger partial charge < -0.3 is 4.90 Å². The second-order valence-corrected chi connectivity index (χ2v) is 2.26. The largest absolute Gasteiger partial charge is 0.372 e. The summed E-state index contributed by atoms with van der Waals surface area (Å²) in [6, 6.07) is 3.73. The normalized spacial score (nSPS) is 13.5. The van der Waals surface area contributed by atoms with Gasteiger partial charge in [-0.15, -0.1) is 0 Å². The van der Waals surface area contributed by atoms with E-state index in [-0.39, 0.29) is 18.1 Å². The van der Waals surface area contributed by atoms with E-state index in [9.17, 15) is 0 Å². The lowest BCUT2D eigenvalue weighted by atomic mass is 10.3. The topological polar surface area (TPSA) is 3.24 Å². The van der Waals surface area contributed by atoms with Crippen LogP contribution in [-0.2, 0) is 0 Å². The zero-order valence-electron chi connectivity index (χ0n) is 10.0. The Hall–Kier alpha value is -0.980. The molecule has 1 nitrogen and oxygen atoms in total. The van der Waals surface area contributed by atoms with Crippen molar-refractivity contribution in [3.63, 3.8) is 0 Å². The first-order chi connectivity index (χ1) is 6.60. The van der Waals surface area contributed by atoms with E-state index in [2.05, 4.69) is 0 Å². The highest BCUT2D eigenvalue weighted by Crippen LogP contribution is 2.11. The summed E-state index contributed by atoms with van der Waals surface area (Å²) < 4.78 is 22.8. The SMILES string of the molecule is [2H]c1cc([2H])c(N(CC)CC)c([2H])c1. The molecule has 0 atom stereocenters. The van der Waals surface area contributed by atoms with Crippen molar-refractivity contribution in [2.45, 2.75) is 13.8 Å². The van der Waals surface area contributed by atoms with E-state index in [0.29, 0.717) is 5.69 Å². The van der Waals surface area contributed by atoms with Gasteiger partial charge in [0, 0.05) is 18.8 Å². The summed E-state index contributed by atoms with van der Waals surface area (Å²) in [7, 11) is 0. The van der Waals surface area contributed by atoms with Crippen molar-refractivity contribution in [2.75, 3.05) is 18.0 Å². The van der Waals surface area contributed by atoms with Crippen LogP contribution in [0.5, 0.6) is 0 Å². The van der Waals surface area contributed by atoms with E-state index >= 15 is 0 Å². The molecule has 60 valence electrons. The van der Waals surface area contributed by atoms with Gasteiger partial charge in [0.1, 0.15) is 0 Å². The Labute approximate surface area is 72.9 Å². The molecule has 0 aliphatic carbocycles. The number of para-hydroxylation sites is 1. The molecule has 0 fully saturated rings. The van der Waals surface area contributed by atoms with Gasteiger partial charge in [-0.05, 0) is 25.9 Å². The van der Waals surface area contributed by atoms with Crippen molar-refractivity contribution in [2.24, 2.45) is 0 Å². The van der Waals surface area contributed by atoms with Gasteiger partial charge in [0.2, 0.25) is 0 Å². The third-order valence-corrected chi connectivity index (χ3v) is 1.66. The highest BCUT2D eigenvalue weighted by atomic mass is 15.1. The molecule has 1 rings (SSSR count). The minimum atomic E-state index is 0.232. The van der Waals surface area contributed by atoms with Gasteiger partial charge >= 0.3 is 0 Å². The molecule has 0 N–H and O–H groups in total. The van der Waals surface area contributed by atoms with Crippen LogP contribution >= 0.6 is 0 Å². The van der Waals surface area contributed by atoms with Gasteiger partial charge in [-0.1, -0.05) is 18.2 Å². The maximum Gasteiger partial charge on any atom is 0.0645 e. The van der Waals surface area contributed by atoms with Crippen LogP contribution in [0.1, 0.15) is 18.0 Å². The second kappa shape index (κ2) is 4.02. The molecule has 0 amide bonds. The van der Waals surface area contributed by atoms with E-state index in [1.165, 1.54) is 12.1 Å². The fourth-order valence-corrected chi connectivity index (χ4v) is 1.03. The smallest absolute Gasteiger partial charge is 0.0645 e. The Morgan fingerprint density at radius 1 is 1.27 bits per heavy atom. The molecule has 0 bridgehead atoms. The predicted octanol–water partition coefficient (Wildman–Crippen LogP) is 2.53. The maximum atomic E-state index is 7.71. The van der Waals surface area contributed by atoms with Gasteiger partial charge in [-0.2, -0.15) is 0 Å². The Morgan fingerprint density at radius 3 is 2.27 bits per heavy atom. The fourth-order valence-electron chi connectivity index (χ4n) is 1.03. The number of rotatable bonds is 3. The van der Waals surface area contributed by atoms with Crippen LogP contribution in [0.15, 0.2) is 30.3 Å². The zero-order valence-corrected chi connectivity index (χ0v) is 7.02. The van der Waals surface area contributed by atoms with Crippen molar-refractivity contribution in [3.8, 4) is 0 Å². The van der Waals surface area contributed by atoms with E-state index in [4.69, 9.17) is 4.11 Å². The Bertz CT molecular complexity index is 298. The third-order valence-electron chi connectivity index (χ3n) is 1.66. The lowest BCUT2D eigenvalue weighted by Gasteiger charge is -2.20. The van der Waals surface area contributed by atoms with Gasteiger partial charge in [0.25, 0.3) is 0 Å². The van der Waals surface area contributed by atoms with E-state index < -0.39 is 0 Å². The molecule has 1 heteroatoms. The number of benzene rings is 1. The fraction of sp³-hybridized carbons (Fsp3) is 0.400. The molecule has 0 saturated heterocycles.